The predicted octanol–water partition coefficient (Wildman–Crippen LogP) is 12.4. The van der Waals surface area contributed by atoms with Crippen LogP contribution in [0.15, 0.2) is 180 Å². The SMILES string of the molecule is c1ccc(N(c2ccc(-c3cccc(-n4c5ccccc5c5c6ccccc6ccc54)c3)cc2)c2ccc3oc4cccnc4c3c2)cc1. The number of nitrogens with zero attached hydrogens (tertiary/aromatic N) is 3. The number of aromatic nitrogens is 2. The topological polar surface area (TPSA) is 34.2 Å². The molecule has 0 atom stereocenters. The molecule has 4 nitrogen and oxygen atoms in total. The second kappa shape index (κ2) is 11.0. The highest BCUT2D eigenvalue weighted by molar-refractivity contribution is 6.21. The van der Waals surface area contributed by atoms with Crippen LogP contribution < -0.4 is 4.90 Å². The number of benzene rings is 7. The fraction of sp³-hybridized carbons (Fsp3) is 0. The molecule has 0 aliphatic carbocycles. The Hall–Kier alpha value is -6.65. The Labute approximate surface area is 282 Å². The summed E-state index contributed by atoms with van der Waals surface area (Å²) in [7, 11) is 0. The number of anilines is 3. The minimum absolute atomic E-state index is 0.793. The van der Waals surface area contributed by atoms with Gasteiger partial charge in [-0.05, 0) is 101 Å². The summed E-state index contributed by atoms with van der Waals surface area (Å²) in [6, 6.07) is 60.3. The molecule has 0 fully saturated rings. The van der Waals surface area contributed by atoms with Gasteiger partial charge in [-0.15, -0.1) is 0 Å². The Balaban J connectivity index is 1.07. The van der Waals surface area contributed by atoms with Crippen LogP contribution in [0.4, 0.5) is 17.1 Å². The smallest absolute Gasteiger partial charge is 0.153 e. The normalized spacial score (nSPS) is 11.7. The van der Waals surface area contributed by atoms with Crippen LogP contribution >= 0.6 is 0 Å². The van der Waals surface area contributed by atoms with E-state index in [0.717, 1.165) is 50.4 Å². The first kappa shape index (κ1) is 27.5. The van der Waals surface area contributed by atoms with E-state index >= 15 is 0 Å². The van der Waals surface area contributed by atoms with E-state index in [1.54, 1.807) is 0 Å². The molecule has 10 aromatic rings. The number of rotatable bonds is 5. The maximum atomic E-state index is 6.08. The summed E-state index contributed by atoms with van der Waals surface area (Å²) in [5, 5.41) is 6.09. The van der Waals surface area contributed by atoms with E-state index in [1.807, 2.05) is 30.5 Å². The summed E-state index contributed by atoms with van der Waals surface area (Å²) >= 11 is 0. The Morgan fingerprint density at radius 2 is 1.24 bits per heavy atom. The van der Waals surface area contributed by atoms with Gasteiger partial charge in [-0.25, -0.2) is 0 Å². The molecule has 0 unspecified atom stereocenters. The van der Waals surface area contributed by atoms with E-state index in [0.29, 0.717) is 0 Å². The summed E-state index contributed by atoms with van der Waals surface area (Å²) in [6.45, 7) is 0. The molecule has 0 spiro atoms. The third-order valence-corrected chi connectivity index (χ3v) is 9.61. The lowest BCUT2D eigenvalue weighted by molar-refractivity contribution is 0.668. The molecule has 0 N–H and O–H groups in total. The van der Waals surface area contributed by atoms with E-state index in [-0.39, 0.29) is 0 Å². The van der Waals surface area contributed by atoms with Crippen molar-refractivity contribution in [2.45, 2.75) is 0 Å². The summed E-state index contributed by atoms with van der Waals surface area (Å²) < 4.78 is 8.48. The zero-order chi connectivity index (χ0) is 32.3. The quantitative estimate of drug-likeness (QED) is 0.190. The monoisotopic (exact) mass is 627 g/mol. The van der Waals surface area contributed by atoms with Gasteiger partial charge in [0.25, 0.3) is 0 Å². The first-order valence-corrected chi connectivity index (χ1v) is 16.5. The largest absolute Gasteiger partial charge is 0.454 e. The predicted molar refractivity (Wildman–Crippen MR) is 203 cm³/mol. The lowest BCUT2D eigenvalue weighted by atomic mass is 10.0. The molecule has 0 aliphatic heterocycles. The standard InChI is InChI=1S/C45H29N3O/c1-2-12-33(13-3-1)47(36-24-26-42-39(29-36)45-43(49-42)18-9-27-46-45)34-22-19-30(20-23-34)32-11-8-14-35(28-32)48-40-17-7-6-16-38(40)44-37-15-5-4-10-31(37)21-25-41(44)48/h1-29H. The second-order valence-electron chi connectivity index (χ2n) is 12.4. The first-order chi connectivity index (χ1) is 24.3. The van der Waals surface area contributed by atoms with Crippen molar-refractivity contribution in [2.24, 2.45) is 0 Å². The highest BCUT2D eigenvalue weighted by Gasteiger charge is 2.17. The third-order valence-electron chi connectivity index (χ3n) is 9.61. The minimum atomic E-state index is 0.793. The average Bonchev–Trinajstić information content (AvgIpc) is 3.72. The van der Waals surface area contributed by atoms with Crippen molar-refractivity contribution in [1.29, 1.82) is 0 Å². The van der Waals surface area contributed by atoms with Crippen LogP contribution in [0, 0.1) is 0 Å². The van der Waals surface area contributed by atoms with Gasteiger partial charge in [-0.3, -0.25) is 4.98 Å². The van der Waals surface area contributed by atoms with E-state index < -0.39 is 0 Å². The Morgan fingerprint density at radius 3 is 2.14 bits per heavy atom. The van der Waals surface area contributed by atoms with Gasteiger partial charge in [0.15, 0.2) is 5.58 Å². The molecule has 0 amide bonds. The Bertz CT molecular complexity index is 2830. The zero-order valence-corrected chi connectivity index (χ0v) is 26.5. The molecule has 0 saturated heterocycles. The number of hydrogen-bond donors (Lipinski definition) is 0. The van der Waals surface area contributed by atoms with Crippen LogP contribution in [-0.2, 0) is 0 Å². The second-order valence-corrected chi connectivity index (χ2v) is 12.4. The average molecular weight is 628 g/mol. The van der Waals surface area contributed by atoms with E-state index in [2.05, 4.69) is 160 Å². The van der Waals surface area contributed by atoms with E-state index in [4.69, 9.17) is 4.42 Å². The molecule has 3 aromatic heterocycles. The minimum Gasteiger partial charge on any atom is -0.454 e. The lowest BCUT2D eigenvalue weighted by Gasteiger charge is -2.25. The molecule has 0 aliphatic rings. The van der Waals surface area contributed by atoms with Crippen molar-refractivity contribution in [3.05, 3.63) is 176 Å². The van der Waals surface area contributed by atoms with Gasteiger partial charge in [-0.2, -0.15) is 0 Å². The van der Waals surface area contributed by atoms with E-state index in [9.17, 15) is 0 Å². The molecule has 0 bridgehead atoms. The molecular weight excluding hydrogens is 599 g/mol. The number of hydrogen-bond acceptors (Lipinski definition) is 3. The number of para-hydroxylation sites is 2. The molecule has 4 heteroatoms. The van der Waals surface area contributed by atoms with Crippen molar-refractivity contribution in [1.82, 2.24) is 9.55 Å². The highest BCUT2D eigenvalue weighted by Crippen LogP contribution is 2.40. The van der Waals surface area contributed by atoms with Crippen LogP contribution in [0.3, 0.4) is 0 Å². The molecular formula is C45H29N3O. The first-order valence-electron chi connectivity index (χ1n) is 16.5. The number of furan rings is 1. The zero-order valence-electron chi connectivity index (χ0n) is 26.5. The lowest BCUT2D eigenvalue weighted by Crippen LogP contribution is -2.09. The van der Waals surface area contributed by atoms with Crippen LogP contribution in [0.5, 0.6) is 0 Å². The van der Waals surface area contributed by atoms with Crippen molar-refractivity contribution >= 4 is 71.7 Å². The van der Waals surface area contributed by atoms with Gasteiger partial charge in [-0.1, -0.05) is 91.0 Å². The van der Waals surface area contributed by atoms with Crippen LogP contribution in [-0.4, -0.2) is 9.55 Å². The summed E-state index contributed by atoms with van der Waals surface area (Å²) in [4.78, 5) is 6.90. The Morgan fingerprint density at radius 1 is 0.469 bits per heavy atom. The summed E-state index contributed by atoms with van der Waals surface area (Å²) in [5.41, 5.74) is 11.6. The van der Waals surface area contributed by atoms with E-state index in [1.165, 1.54) is 38.1 Å². The fourth-order valence-corrected chi connectivity index (χ4v) is 7.39. The third kappa shape index (κ3) is 4.42. The fourth-order valence-electron chi connectivity index (χ4n) is 7.39. The molecule has 0 saturated carbocycles. The molecule has 3 heterocycles. The highest BCUT2D eigenvalue weighted by atomic mass is 16.3. The maximum absolute atomic E-state index is 6.08. The van der Waals surface area contributed by atoms with Crippen molar-refractivity contribution in [3.63, 3.8) is 0 Å². The van der Waals surface area contributed by atoms with Crippen LogP contribution in [0.25, 0.3) is 71.5 Å². The van der Waals surface area contributed by atoms with Crippen molar-refractivity contribution in [2.75, 3.05) is 4.90 Å². The molecule has 10 rings (SSSR count). The van der Waals surface area contributed by atoms with Gasteiger partial charge in [0, 0.05) is 45.1 Å². The van der Waals surface area contributed by atoms with Crippen molar-refractivity contribution < 1.29 is 4.42 Å². The molecule has 49 heavy (non-hydrogen) atoms. The molecule has 7 aromatic carbocycles. The molecule has 0 radical (unpaired) electrons. The van der Waals surface area contributed by atoms with Gasteiger partial charge in [0.2, 0.25) is 0 Å². The number of pyridine rings is 1. The van der Waals surface area contributed by atoms with Gasteiger partial charge in [0.1, 0.15) is 11.1 Å². The Kier molecular flexibility index (Phi) is 6.15. The van der Waals surface area contributed by atoms with Crippen LogP contribution in [0.1, 0.15) is 0 Å². The summed E-state index contributed by atoms with van der Waals surface area (Å²) in [5.74, 6) is 0. The van der Waals surface area contributed by atoms with Crippen LogP contribution in [0.2, 0.25) is 0 Å². The van der Waals surface area contributed by atoms with Crippen molar-refractivity contribution in [3.8, 4) is 16.8 Å². The maximum Gasteiger partial charge on any atom is 0.153 e. The van der Waals surface area contributed by atoms with Gasteiger partial charge in [0.05, 0.1) is 11.0 Å². The number of fused-ring (bicyclic) bond motifs is 8. The van der Waals surface area contributed by atoms with Gasteiger partial charge >= 0.3 is 0 Å². The summed E-state index contributed by atoms with van der Waals surface area (Å²) in [6.07, 6.45) is 1.82. The molecule has 230 valence electrons. The van der Waals surface area contributed by atoms with Gasteiger partial charge < -0.3 is 13.9 Å².